The van der Waals surface area contributed by atoms with Crippen LogP contribution in [0, 0.1) is 12.8 Å². The number of likely N-dealkylation sites (tertiary alicyclic amines) is 1. The predicted molar refractivity (Wildman–Crippen MR) is 98.5 cm³/mol. The number of hydrogen-bond acceptors (Lipinski definition) is 3. The van der Waals surface area contributed by atoms with Gasteiger partial charge in [-0.3, -0.25) is 9.69 Å². The van der Waals surface area contributed by atoms with Crippen molar-refractivity contribution in [2.24, 2.45) is 5.92 Å². The molecule has 0 bridgehead atoms. The number of nitrogens with one attached hydrogen (secondary N) is 1. The van der Waals surface area contributed by atoms with Gasteiger partial charge >= 0.3 is 0 Å². The molecule has 25 heavy (non-hydrogen) atoms. The van der Waals surface area contributed by atoms with Crippen LogP contribution in [0.3, 0.4) is 0 Å². The van der Waals surface area contributed by atoms with Crippen LogP contribution < -0.4 is 5.32 Å². The second-order valence-corrected chi connectivity index (χ2v) is 8.11. The molecule has 0 saturated carbocycles. The maximum absolute atomic E-state index is 13.1. The Morgan fingerprint density at radius 1 is 1.24 bits per heavy atom. The van der Waals surface area contributed by atoms with E-state index in [4.69, 9.17) is 4.74 Å². The van der Waals surface area contributed by atoms with Crippen LogP contribution in [-0.2, 0) is 16.0 Å². The molecule has 2 fully saturated rings. The zero-order valence-electron chi connectivity index (χ0n) is 15.5. The number of amides is 1. The third-order valence-corrected chi connectivity index (χ3v) is 6.30. The molecule has 4 nitrogen and oxygen atoms in total. The van der Waals surface area contributed by atoms with Crippen LogP contribution in [0.5, 0.6) is 0 Å². The summed E-state index contributed by atoms with van der Waals surface area (Å²) in [5, 5.41) is 3.41. The van der Waals surface area contributed by atoms with E-state index in [2.05, 4.69) is 42.3 Å². The van der Waals surface area contributed by atoms with Gasteiger partial charge in [0.1, 0.15) is 0 Å². The Labute approximate surface area is 150 Å². The van der Waals surface area contributed by atoms with Gasteiger partial charge in [0, 0.05) is 19.3 Å². The van der Waals surface area contributed by atoms with Gasteiger partial charge in [-0.05, 0) is 62.6 Å². The molecule has 0 unspecified atom stereocenters. The molecule has 2 heterocycles. The van der Waals surface area contributed by atoms with E-state index in [0.29, 0.717) is 12.0 Å². The second kappa shape index (κ2) is 7.08. The Balaban J connectivity index is 1.47. The van der Waals surface area contributed by atoms with Crippen molar-refractivity contribution in [2.75, 3.05) is 19.8 Å². The molecule has 2 aliphatic heterocycles. The molecule has 3 aliphatic rings. The predicted octanol–water partition coefficient (Wildman–Crippen LogP) is 2.99. The van der Waals surface area contributed by atoms with E-state index >= 15 is 0 Å². The van der Waals surface area contributed by atoms with Gasteiger partial charge in [0.15, 0.2) is 0 Å². The number of rotatable bonds is 3. The lowest BCUT2D eigenvalue weighted by molar-refractivity contribution is -0.128. The van der Waals surface area contributed by atoms with Gasteiger partial charge in [0.2, 0.25) is 5.91 Å². The highest BCUT2D eigenvalue weighted by Gasteiger charge is 2.38. The van der Waals surface area contributed by atoms with Crippen molar-refractivity contribution >= 4 is 5.91 Å². The van der Waals surface area contributed by atoms with Crippen LogP contribution in [0.25, 0.3) is 0 Å². The van der Waals surface area contributed by atoms with E-state index < -0.39 is 0 Å². The molecule has 0 spiro atoms. The van der Waals surface area contributed by atoms with Crippen LogP contribution in [0.4, 0.5) is 0 Å². The lowest BCUT2D eigenvalue weighted by Crippen LogP contribution is -2.50. The van der Waals surface area contributed by atoms with Gasteiger partial charge in [0.25, 0.3) is 0 Å². The Kier molecular flexibility index (Phi) is 4.83. The number of carbonyl (C=O) groups excluding carboxylic acids is 1. The van der Waals surface area contributed by atoms with Crippen molar-refractivity contribution in [2.45, 2.75) is 64.1 Å². The molecule has 1 N–H and O–H groups in total. The van der Waals surface area contributed by atoms with Crippen molar-refractivity contribution in [1.29, 1.82) is 0 Å². The molecule has 3 atom stereocenters. The number of hydrogen-bond donors (Lipinski definition) is 1. The third kappa shape index (κ3) is 3.34. The highest BCUT2D eigenvalue weighted by atomic mass is 16.5. The van der Waals surface area contributed by atoms with Crippen molar-refractivity contribution in [3.8, 4) is 0 Å². The summed E-state index contributed by atoms with van der Waals surface area (Å²) < 4.78 is 5.50. The fourth-order valence-electron chi connectivity index (χ4n) is 4.95. The summed E-state index contributed by atoms with van der Waals surface area (Å²) in [5.41, 5.74) is 4.00. The number of ether oxygens (including phenoxy) is 1. The molecule has 136 valence electrons. The monoisotopic (exact) mass is 342 g/mol. The topological polar surface area (TPSA) is 41.6 Å². The summed E-state index contributed by atoms with van der Waals surface area (Å²) in [5.74, 6) is 0.703. The summed E-state index contributed by atoms with van der Waals surface area (Å²) in [6.07, 6.45) is 5.31. The van der Waals surface area contributed by atoms with Crippen LogP contribution in [0.15, 0.2) is 18.2 Å². The van der Waals surface area contributed by atoms with Gasteiger partial charge in [-0.1, -0.05) is 30.7 Å². The minimum atomic E-state index is 0.0455. The van der Waals surface area contributed by atoms with E-state index in [9.17, 15) is 4.79 Å². The minimum Gasteiger partial charge on any atom is -0.381 e. The summed E-state index contributed by atoms with van der Waals surface area (Å²) in [7, 11) is 0. The number of benzene rings is 1. The van der Waals surface area contributed by atoms with Crippen molar-refractivity contribution in [3.63, 3.8) is 0 Å². The minimum absolute atomic E-state index is 0.0455. The maximum atomic E-state index is 13.1. The van der Waals surface area contributed by atoms with E-state index in [1.165, 1.54) is 16.7 Å². The molecule has 4 heteroatoms. The van der Waals surface area contributed by atoms with Crippen molar-refractivity contribution in [1.82, 2.24) is 10.2 Å². The zero-order valence-corrected chi connectivity index (χ0v) is 15.5. The fraction of sp³-hybridized carbons (Fsp3) is 0.667. The lowest BCUT2D eigenvalue weighted by atomic mass is 10.0. The van der Waals surface area contributed by atoms with E-state index in [0.717, 1.165) is 51.9 Å². The normalized spacial score (nSPS) is 30.4. The summed E-state index contributed by atoms with van der Waals surface area (Å²) in [6, 6.07) is 7.40. The SMILES string of the molecule is Cc1ccc2c(c1)[C@H](NC(=O)[C@@H]1CCCN1C1CCOCC1)[C@H](C)C2. The van der Waals surface area contributed by atoms with Gasteiger partial charge < -0.3 is 10.1 Å². The first-order valence-electron chi connectivity index (χ1n) is 9.87. The number of aryl methyl sites for hydroxylation is 1. The maximum Gasteiger partial charge on any atom is 0.237 e. The highest BCUT2D eigenvalue weighted by molar-refractivity contribution is 5.82. The summed E-state index contributed by atoms with van der Waals surface area (Å²) in [6.45, 7) is 7.11. The van der Waals surface area contributed by atoms with Gasteiger partial charge in [0.05, 0.1) is 12.1 Å². The van der Waals surface area contributed by atoms with Gasteiger partial charge in [-0.25, -0.2) is 0 Å². The van der Waals surface area contributed by atoms with Crippen LogP contribution in [0.1, 0.15) is 55.3 Å². The standard InChI is InChI=1S/C21H30N2O2/c1-14-5-6-16-13-15(2)20(18(16)12-14)22-21(24)19-4-3-9-23(19)17-7-10-25-11-8-17/h5-6,12,15,17,19-20H,3-4,7-11,13H2,1-2H3,(H,22,24)/t15-,19+,20-/m1/s1. The lowest BCUT2D eigenvalue weighted by Gasteiger charge is -2.35. The first-order chi connectivity index (χ1) is 12.1. The van der Waals surface area contributed by atoms with Crippen LogP contribution in [-0.4, -0.2) is 42.6 Å². The molecule has 2 saturated heterocycles. The molecule has 1 aromatic carbocycles. The Hall–Kier alpha value is -1.39. The van der Waals surface area contributed by atoms with E-state index in [1.54, 1.807) is 0 Å². The second-order valence-electron chi connectivity index (χ2n) is 8.11. The van der Waals surface area contributed by atoms with Crippen molar-refractivity contribution < 1.29 is 9.53 Å². The first-order valence-corrected chi connectivity index (χ1v) is 9.87. The Morgan fingerprint density at radius 3 is 2.84 bits per heavy atom. The quantitative estimate of drug-likeness (QED) is 0.918. The molecule has 4 rings (SSSR count). The van der Waals surface area contributed by atoms with Gasteiger partial charge in [-0.15, -0.1) is 0 Å². The average molecular weight is 342 g/mol. The molecule has 0 aromatic heterocycles. The average Bonchev–Trinajstić information content (AvgIpc) is 3.21. The van der Waals surface area contributed by atoms with Gasteiger partial charge in [-0.2, -0.15) is 0 Å². The Morgan fingerprint density at radius 2 is 2.04 bits per heavy atom. The molecule has 1 aromatic rings. The molecular weight excluding hydrogens is 312 g/mol. The largest absolute Gasteiger partial charge is 0.381 e. The van der Waals surface area contributed by atoms with Crippen molar-refractivity contribution in [3.05, 3.63) is 34.9 Å². The van der Waals surface area contributed by atoms with Crippen LogP contribution in [0.2, 0.25) is 0 Å². The van der Waals surface area contributed by atoms with Crippen LogP contribution >= 0.6 is 0 Å². The highest BCUT2D eigenvalue weighted by Crippen LogP contribution is 2.37. The molecule has 0 radical (unpaired) electrons. The zero-order chi connectivity index (χ0) is 17.4. The molecule has 1 amide bonds. The number of nitrogens with zero attached hydrogens (tertiary/aromatic N) is 1. The smallest absolute Gasteiger partial charge is 0.237 e. The Bertz CT molecular complexity index is 639. The summed E-state index contributed by atoms with van der Waals surface area (Å²) >= 11 is 0. The summed E-state index contributed by atoms with van der Waals surface area (Å²) in [4.78, 5) is 15.6. The third-order valence-electron chi connectivity index (χ3n) is 6.30. The van der Waals surface area contributed by atoms with E-state index in [1.807, 2.05) is 0 Å². The van der Waals surface area contributed by atoms with E-state index in [-0.39, 0.29) is 18.0 Å². The first kappa shape index (κ1) is 17.0. The molecule has 1 aliphatic carbocycles. The fourth-order valence-corrected chi connectivity index (χ4v) is 4.95. The number of fused-ring (bicyclic) bond motifs is 1. The molecular formula is C21H30N2O2. The number of carbonyl (C=O) groups is 1.